The Morgan fingerprint density at radius 3 is 2.52 bits per heavy atom. The molecule has 2 saturated heterocycles. The summed E-state index contributed by atoms with van der Waals surface area (Å²) in [7, 11) is 0. The minimum absolute atomic E-state index is 0.00633. The zero-order valence-electron chi connectivity index (χ0n) is 30.4. The van der Waals surface area contributed by atoms with E-state index >= 15 is 0 Å². The van der Waals surface area contributed by atoms with Gasteiger partial charge in [0.25, 0.3) is 12.3 Å². The highest BCUT2D eigenvalue weighted by Crippen LogP contribution is 2.36. The maximum Gasteiger partial charge on any atom is 0.284 e. The molecule has 7 heterocycles. The smallest absolute Gasteiger partial charge is 0.284 e. The first kappa shape index (κ1) is 35.6. The van der Waals surface area contributed by atoms with Gasteiger partial charge in [0.05, 0.1) is 41.4 Å². The Hall–Kier alpha value is -6.04. The molecule has 4 aromatic heterocycles. The van der Waals surface area contributed by atoms with Gasteiger partial charge in [-0.05, 0) is 80.0 Å². The van der Waals surface area contributed by atoms with Crippen LogP contribution < -0.4 is 16.0 Å². The van der Waals surface area contributed by atoms with Gasteiger partial charge >= 0.3 is 0 Å². The number of anilines is 1. The van der Waals surface area contributed by atoms with E-state index in [1.54, 1.807) is 44.7 Å². The Balaban J connectivity index is 0.792. The number of nitrogens with two attached hydrogens (primary N) is 1. The highest BCUT2D eigenvalue weighted by Gasteiger charge is 2.39. The number of piperazine rings is 1. The molecule has 1 saturated carbocycles. The minimum Gasteiger partial charge on any atom is -0.369 e. The fraction of sp³-hybridized carbons (Fsp3) is 0.421. The van der Waals surface area contributed by atoms with Gasteiger partial charge in [-0.2, -0.15) is 10.2 Å². The molecule has 1 aliphatic carbocycles. The highest BCUT2D eigenvalue weighted by atomic mass is 19.3. The quantitative estimate of drug-likeness (QED) is 0.212. The largest absolute Gasteiger partial charge is 0.369 e. The van der Waals surface area contributed by atoms with E-state index in [9.17, 15) is 28.0 Å². The fourth-order valence-electron chi connectivity index (χ4n) is 8.65. The summed E-state index contributed by atoms with van der Waals surface area (Å²) in [6.07, 6.45) is 5.92. The molecule has 1 atom stereocenters. The molecule has 4 amide bonds. The van der Waals surface area contributed by atoms with Crippen molar-refractivity contribution in [1.82, 2.24) is 49.5 Å². The van der Waals surface area contributed by atoms with Gasteiger partial charge in [0, 0.05) is 56.9 Å². The molecule has 290 valence electrons. The molecule has 1 unspecified atom stereocenters. The van der Waals surface area contributed by atoms with Gasteiger partial charge < -0.3 is 15.5 Å². The number of primary amides is 1. The van der Waals surface area contributed by atoms with Crippen LogP contribution in [-0.2, 0) is 16.1 Å². The number of halogens is 2. The number of amides is 4. The first-order chi connectivity index (χ1) is 27.1. The van der Waals surface area contributed by atoms with Gasteiger partial charge in [0.2, 0.25) is 17.7 Å². The van der Waals surface area contributed by atoms with Gasteiger partial charge in [-0.25, -0.2) is 18.0 Å². The third kappa shape index (κ3) is 6.56. The van der Waals surface area contributed by atoms with Crippen molar-refractivity contribution >= 4 is 34.8 Å². The van der Waals surface area contributed by atoms with Crippen LogP contribution in [0.25, 0.3) is 22.6 Å². The van der Waals surface area contributed by atoms with E-state index < -0.39 is 24.3 Å². The van der Waals surface area contributed by atoms with Gasteiger partial charge in [-0.1, -0.05) is 5.21 Å². The van der Waals surface area contributed by atoms with E-state index in [-0.39, 0.29) is 41.2 Å². The van der Waals surface area contributed by atoms with Crippen molar-refractivity contribution in [2.24, 2.45) is 11.7 Å². The summed E-state index contributed by atoms with van der Waals surface area (Å²) >= 11 is 0. The maximum absolute atomic E-state index is 14.3. The number of aromatic nitrogens is 7. The molecule has 1 aromatic carbocycles. The Morgan fingerprint density at radius 1 is 0.964 bits per heavy atom. The Kier molecular flexibility index (Phi) is 9.06. The Bertz CT molecular complexity index is 2350. The van der Waals surface area contributed by atoms with Crippen molar-refractivity contribution in [1.29, 1.82) is 0 Å². The van der Waals surface area contributed by atoms with E-state index in [1.165, 1.54) is 10.9 Å². The number of piperidine rings is 1. The molecule has 9 rings (SSSR count). The minimum atomic E-state index is -2.80. The molecule has 3 fully saturated rings. The second-order valence-corrected chi connectivity index (χ2v) is 15.1. The van der Waals surface area contributed by atoms with Crippen molar-refractivity contribution in [3.63, 3.8) is 0 Å². The highest BCUT2D eigenvalue weighted by molar-refractivity contribution is 6.05. The predicted octanol–water partition coefficient (Wildman–Crippen LogP) is 3.13. The maximum atomic E-state index is 14.3. The van der Waals surface area contributed by atoms with Crippen molar-refractivity contribution in [3.8, 4) is 17.1 Å². The third-order valence-corrected chi connectivity index (χ3v) is 11.7. The zero-order valence-corrected chi connectivity index (χ0v) is 30.4. The molecule has 5 aromatic rings. The van der Waals surface area contributed by atoms with E-state index in [2.05, 4.69) is 41.7 Å². The number of hydrogen-bond acceptors (Lipinski definition) is 10. The molecule has 0 spiro atoms. The first-order valence-electron chi connectivity index (χ1n) is 18.9. The van der Waals surface area contributed by atoms with Crippen LogP contribution in [0.3, 0.4) is 0 Å². The zero-order chi connectivity index (χ0) is 38.7. The average molecular weight is 767 g/mol. The standard InChI is InChI=1S/C38H40F2N12O4/c39-35(40)34-32(51-20-29(44-46-51)30-8-6-27-15-23(36(41)54)17-42-52(27)30)21-50(45-34)25-3-1-22(2-4-25)18-47-11-13-48(14-12-47)26-5-7-28-24(16-26)19-49(38(28)56)31-9-10-33(53)43-37(31)55/h5-8,15-17,20-22,25,31,35H,1-4,9-14,18-19H2,(H2,41,54)(H,43,53,55). The number of imide groups is 1. The molecule has 3 aliphatic heterocycles. The van der Waals surface area contributed by atoms with Crippen LogP contribution in [0.1, 0.15) is 83.0 Å². The van der Waals surface area contributed by atoms with Crippen LogP contribution in [0.2, 0.25) is 0 Å². The topological polar surface area (TPSA) is 182 Å². The number of alkyl halides is 2. The summed E-state index contributed by atoms with van der Waals surface area (Å²) in [5.41, 5.74) is 9.66. The molecule has 18 heteroatoms. The summed E-state index contributed by atoms with van der Waals surface area (Å²) in [5, 5.41) is 19.4. The van der Waals surface area contributed by atoms with Crippen LogP contribution >= 0.6 is 0 Å². The molecule has 16 nitrogen and oxygen atoms in total. The van der Waals surface area contributed by atoms with Crippen LogP contribution in [0.4, 0.5) is 14.5 Å². The third-order valence-electron chi connectivity index (χ3n) is 11.7. The summed E-state index contributed by atoms with van der Waals surface area (Å²) in [6.45, 7) is 4.84. The van der Waals surface area contributed by atoms with Gasteiger partial charge in [-0.15, -0.1) is 5.10 Å². The molecular weight excluding hydrogens is 726 g/mol. The lowest BCUT2D eigenvalue weighted by Gasteiger charge is -2.39. The van der Waals surface area contributed by atoms with Crippen LogP contribution in [0, 0.1) is 5.92 Å². The number of fused-ring (bicyclic) bond motifs is 2. The normalized spacial score (nSPS) is 22.0. The number of benzene rings is 1. The van der Waals surface area contributed by atoms with E-state index in [4.69, 9.17) is 5.73 Å². The number of nitrogens with zero attached hydrogens (tertiary/aromatic N) is 10. The summed E-state index contributed by atoms with van der Waals surface area (Å²) in [6, 6.07) is 10.4. The Morgan fingerprint density at radius 2 is 1.77 bits per heavy atom. The molecule has 0 bridgehead atoms. The van der Waals surface area contributed by atoms with E-state index in [0.29, 0.717) is 41.4 Å². The average Bonchev–Trinajstić information content (AvgIpc) is 4.00. The van der Waals surface area contributed by atoms with Crippen LogP contribution in [-0.4, -0.2) is 107 Å². The van der Waals surface area contributed by atoms with Gasteiger partial charge in [0.1, 0.15) is 17.4 Å². The number of nitrogens with one attached hydrogen (secondary N) is 1. The Labute approximate surface area is 319 Å². The van der Waals surface area contributed by atoms with Crippen LogP contribution in [0.15, 0.2) is 55.0 Å². The summed E-state index contributed by atoms with van der Waals surface area (Å²) in [5.74, 6) is -0.977. The van der Waals surface area contributed by atoms with Crippen molar-refractivity contribution < 1.29 is 28.0 Å². The lowest BCUT2D eigenvalue weighted by Crippen LogP contribution is -2.52. The summed E-state index contributed by atoms with van der Waals surface area (Å²) < 4.78 is 33.1. The molecule has 0 radical (unpaired) electrons. The second-order valence-electron chi connectivity index (χ2n) is 15.1. The number of rotatable bonds is 9. The van der Waals surface area contributed by atoms with Crippen molar-refractivity contribution in [3.05, 3.63) is 77.4 Å². The fourth-order valence-corrected chi connectivity index (χ4v) is 8.65. The molecule has 4 aliphatic rings. The van der Waals surface area contributed by atoms with Crippen LogP contribution in [0.5, 0.6) is 0 Å². The second kappa shape index (κ2) is 14.2. The number of carbonyl (C=O) groups is 4. The summed E-state index contributed by atoms with van der Waals surface area (Å²) in [4.78, 5) is 55.1. The number of carbonyl (C=O) groups excluding carboxylic acids is 4. The van der Waals surface area contributed by atoms with Gasteiger partial charge in [0.15, 0.2) is 5.69 Å². The van der Waals surface area contributed by atoms with Gasteiger partial charge in [-0.3, -0.25) is 34.1 Å². The van der Waals surface area contributed by atoms with Crippen molar-refractivity contribution in [2.75, 3.05) is 37.6 Å². The van der Waals surface area contributed by atoms with Crippen molar-refractivity contribution in [2.45, 2.75) is 63.6 Å². The number of hydrogen-bond donors (Lipinski definition) is 2. The lowest BCUT2D eigenvalue weighted by molar-refractivity contribution is -0.136. The molecule has 3 N–H and O–H groups in total. The lowest BCUT2D eigenvalue weighted by atomic mass is 9.85. The monoisotopic (exact) mass is 766 g/mol. The molecular formula is C38H40F2N12O4. The molecule has 56 heavy (non-hydrogen) atoms. The predicted molar refractivity (Wildman–Crippen MR) is 197 cm³/mol. The SMILES string of the molecule is NC(=O)c1cnn2c(-c3cn(-c4cn(C5CCC(CN6CCN(c7ccc8c(c7)CN(C7CCC(=O)NC7=O)C8=O)CC6)CC5)nc4C(F)F)nn3)ccc2c1. The van der Waals surface area contributed by atoms with E-state index in [0.717, 1.165) is 69.7 Å². The van der Waals surface area contributed by atoms with E-state index in [1.807, 2.05) is 12.1 Å². The first-order valence-corrected chi connectivity index (χ1v) is 18.9.